The first kappa shape index (κ1) is 23.2. The first-order chi connectivity index (χ1) is 16.9. The molecule has 4 aromatic rings. The van der Waals surface area contributed by atoms with Gasteiger partial charge >= 0.3 is 0 Å². The molecule has 0 atom stereocenters. The van der Waals surface area contributed by atoms with Gasteiger partial charge in [0.15, 0.2) is 5.82 Å². The van der Waals surface area contributed by atoms with Crippen LogP contribution in [0.2, 0.25) is 0 Å². The molecule has 1 saturated heterocycles. The Morgan fingerprint density at radius 3 is 2.11 bits per heavy atom. The summed E-state index contributed by atoms with van der Waals surface area (Å²) in [6.45, 7) is 7.70. The molecular formula is C26H28N6O2S. The molecule has 1 aliphatic heterocycles. The quantitative estimate of drug-likeness (QED) is 0.425. The van der Waals surface area contributed by atoms with Crippen LogP contribution in [0.25, 0.3) is 17.1 Å². The maximum absolute atomic E-state index is 13.6. The zero-order valence-electron chi connectivity index (χ0n) is 20.1. The summed E-state index contributed by atoms with van der Waals surface area (Å²) in [6, 6.07) is 21.7. The van der Waals surface area contributed by atoms with E-state index in [9.17, 15) is 8.42 Å². The van der Waals surface area contributed by atoms with Crippen molar-refractivity contribution in [2.75, 3.05) is 31.1 Å². The molecule has 0 amide bonds. The van der Waals surface area contributed by atoms with Crippen LogP contribution < -0.4 is 4.90 Å². The Morgan fingerprint density at radius 2 is 1.46 bits per heavy atom. The Kier molecular flexibility index (Phi) is 6.12. The highest BCUT2D eigenvalue weighted by Gasteiger charge is 2.34. The third kappa shape index (κ3) is 4.33. The van der Waals surface area contributed by atoms with Crippen LogP contribution in [0.4, 0.5) is 5.69 Å². The summed E-state index contributed by atoms with van der Waals surface area (Å²) < 4.78 is 30.4. The van der Waals surface area contributed by atoms with E-state index >= 15 is 0 Å². The summed E-state index contributed by atoms with van der Waals surface area (Å²) in [6.07, 6.45) is 0. The van der Waals surface area contributed by atoms with Gasteiger partial charge in [-0.05, 0) is 44.5 Å². The number of aryl methyl sites for hydroxylation is 2. The molecule has 1 aliphatic rings. The number of hydrogen-bond acceptors (Lipinski definition) is 6. The molecule has 0 spiro atoms. The van der Waals surface area contributed by atoms with E-state index in [-0.39, 0.29) is 4.90 Å². The highest BCUT2D eigenvalue weighted by atomic mass is 32.2. The molecule has 5 rings (SSSR count). The smallest absolute Gasteiger partial charge is 0.246 e. The second-order valence-electron chi connectivity index (χ2n) is 8.73. The monoisotopic (exact) mass is 488 g/mol. The van der Waals surface area contributed by atoms with Crippen molar-refractivity contribution in [3.8, 4) is 17.1 Å². The second-order valence-corrected chi connectivity index (χ2v) is 10.6. The lowest BCUT2D eigenvalue weighted by Gasteiger charge is -2.36. The molecule has 3 heterocycles. The van der Waals surface area contributed by atoms with Gasteiger partial charge in [0, 0.05) is 37.4 Å². The Labute approximate surface area is 205 Å². The fourth-order valence-electron chi connectivity index (χ4n) is 4.64. The number of hydrogen-bond donors (Lipinski definition) is 0. The molecule has 0 N–H and O–H groups in total. The minimum Gasteiger partial charge on any atom is -0.369 e. The molecule has 2 aromatic carbocycles. The molecule has 35 heavy (non-hydrogen) atoms. The van der Waals surface area contributed by atoms with Crippen molar-refractivity contribution in [3.05, 3.63) is 83.7 Å². The van der Waals surface area contributed by atoms with E-state index in [1.54, 1.807) is 22.8 Å². The van der Waals surface area contributed by atoms with Crippen LogP contribution >= 0.6 is 0 Å². The largest absolute Gasteiger partial charge is 0.369 e. The first-order valence-corrected chi connectivity index (χ1v) is 13.1. The van der Waals surface area contributed by atoms with Crippen molar-refractivity contribution in [1.29, 1.82) is 0 Å². The number of rotatable bonds is 5. The molecule has 0 aliphatic carbocycles. The van der Waals surface area contributed by atoms with Gasteiger partial charge in [0.1, 0.15) is 4.90 Å². The number of sulfonamides is 1. The van der Waals surface area contributed by atoms with Crippen LogP contribution in [0.15, 0.2) is 71.6 Å². The van der Waals surface area contributed by atoms with E-state index in [4.69, 9.17) is 0 Å². The normalized spacial score (nSPS) is 14.9. The minimum absolute atomic E-state index is 0.246. The Balaban J connectivity index is 1.38. The van der Waals surface area contributed by atoms with Gasteiger partial charge in [0.2, 0.25) is 10.0 Å². The van der Waals surface area contributed by atoms with Gasteiger partial charge in [-0.3, -0.25) is 0 Å². The van der Waals surface area contributed by atoms with Crippen LogP contribution in [0.5, 0.6) is 0 Å². The van der Waals surface area contributed by atoms with E-state index in [0.29, 0.717) is 43.4 Å². The molecule has 2 aromatic heterocycles. The topological polar surface area (TPSA) is 84.2 Å². The van der Waals surface area contributed by atoms with E-state index < -0.39 is 10.0 Å². The van der Waals surface area contributed by atoms with Crippen molar-refractivity contribution < 1.29 is 8.42 Å². The average Bonchev–Trinajstić information content (AvgIpc) is 3.19. The van der Waals surface area contributed by atoms with Gasteiger partial charge in [-0.1, -0.05) is 48.5 Å². The minimum atomic E-state index is -3.70. The van der Waals surface area contributed by atoms with Crippen molar-refractivity contribution >= 4 is 15.7 Å². The molecule has 0 saturated carbocycles. The molecule has 0 bridgehead atoms. The molecule has 8 nitrogen and oxygen atoms in total. The average molecular weight is 489 g/mol. The predicted molar refractivity (Wildman–Crippen MR) is 136 cm³/mol. The lowest BCUT2D eigenvalue weighted by Crippen LogP contribution is -2.49. The number of anilines is 1. The van der Waals surface area contributed by atoms with Gasteiger partial charge in [-0.25, -0.2) is 13.1 Å². The molecular weight excluding hydrogens is 460 g/mol. The fourth-order valence-corrected chi connectivity index (χ4v) is 6.42. The van der Waals surface area contributed by atoms with Crippen molar-refractivity contribution in [3.63, 3.8) is 0 Å². The summed E-state index contributed by atoms with van der Waals surface area (Å²) in [5.74, 6) is 0.483. The molecule has 0 radical (unpaired) electrons. The Bertz CT molecular complexity index is 1440. The SMILES string of the molecule is Cc1ccccc1N1CCN(S(=O)(=O)c2c(C)nn(-c3ccc(-c4ccccc4)nn3)c2C)CC1. The number of para-hydroxylation sites is 1. The zero-order chi connectivity index (χ0) is 24.6. The maximum Gasteiger partial charge on any atom is 0.246 e. The van der Waals surface area contributed by atoms with Gasteiger partial charge in [-0.2, -0.15) is 9.40 Å². The number of nitrogens with zero attached hydrogens (tertiary/aromatic N) is 6. The highest BCUT2D eigenvalue weighted by Crippen LogP contribution is 2.28. The van der Waals surface area contributed by atoms with Crippen molar-refractivity contribution in [2.45, 2.75) is 25.7 Å². The lowest BCUT2D eigenvalue weighted by molar-refractivity contribution is 0.384. The fraction of sp³-hybridized carbons (Fsp3) is 0.269. The third-order valence-electron chi connectivity index (χ3n) is 6.45. The van der Waals surface area contributed by atoms with Gasteiger partial charge in [0.05, 0.1) is 17.1 Å². The van der Waals surface area contributed by atoms with Crippen LogP contribution in [-0.4, -0.2) is 58.9 Å². The molecule has 0 unspecified atom stereocenters. The lowest BCUT2D eigenvalue weighted by atomic mass is 10.1. The van der Waals surface area contributed by atoms with Crippen molar-refractivity contribution in [1.82, 2.24) is 24.3 Å². The summed E-state index contributed by atoms with van der Waals surface area (Å²) in [7, 11) is -3.70. The van der Waals surface area contributed by atoms with Gasteiger partial charge in [-0.15, -0.1) is 10.2 Å². The third-order valence-corrected chi connectivity index (χ3v) is 8.61. The summed E-state index contributed by atoms with van der Waals surface area (Å²) in [5, 5.41) is 13.2. The van der Waals surface area contributed by atoms with E-state index in [1.165, 1.54) is 5.56 Å². The van der Waals surface area contributed by atoms with Crippen molar-refractivity contribution in [2.24, 2.45) is 0 Å². The first-order valence-electron chi connectivity index (χ1n) is 11.6. The second kappa shape index (κ2) is 9.24. The number of piperazine rings is 1. The van der Waals surface area contributed by atoms with Crippen LogP contribution in [-0.2, 0) is 10.0 Å². The Hall–Kier alpha value is -3.56. The zero-order valence-corrected chi connectivity index (χ0v) is 20.9. The van der Waals surface area contributed by atoms with E-state index in [1.807, 2.05) is 54.6 Å². The van der Waals surface area contributed by atoms with E-state index in [0.717, 1.165) is 16.9 Å². The van der Waals surface area contributed by atoms with Crippen LogP contribution in [0.3, 0.4) is 0 Å². The highest BCUT2D eigenvalue weighted by molar-refractivity contribution is 7.89. The molecule has 1 fully saturated rings. The predicted octanol–water partition coefficient (Wildman–Crippen LogP) is 3.77. The van der Waals surface area contributed by atoms with Crippen LogP contribution in [0, 0.1) is 20.8 Å². The number of benzene rings is 2. The Morgan fingerprint density at radius 1 is 0.771 bits per heavy atom. The van der Waals surface area contributed by atoms with E-state index in [2.05, 4.69) is 39.3 Å². The molecule has 9 heteroatoms. The van der Waals surface area contributed by atoms with Gasteiger partial charge in [0.25, 0.3) is 0 Å². The maximum atomic E-state index is 13.6. The summed E-state index contributed by atoms with van der Waals surface area (Å²) in [4.78, 5) is 2.49. The van der Waals surface area contributed by atoms with Crippen LogP contribution in [0.1, 0.15) is 17.0 Å². The summed E-state index contributed by atoms with van der Waals surface area (Å²) in [5.41, 5.74) is 5.05. The standard InChI is InChI=1S/C26H28N6O2S/c1-19-9-7-8-12-24(19)30-15-17-31(18-16-30)35(33,34)26-20(2)29-32(21(26)3)25-14-13-23(27-28-25)22-10-5-4-6-11-22/h4-14H,15-18H2,1-3H3. The number of aromatic nitrogens is 4. The summed E-state index contributed by atoms with van der Waals surface area (Å²) >= 11 is 0. The molecule has 180 valence electrons. The van der Waals surface area contributed by atoms with Gasteiger partial charge < -0.3 is 4.90 Å².